The molecule has 2 aromatic heterocycles. The Balaban J connectivity index is 0.00000241. The number of pyridine rings is 1. The molecule has 5 aromatic rings. The van der Waals surface area contributed by atoms with E-state index in [9.17, 15) is 0 Å². The van der Waals surface area contributed by atoms with Crippen LogP contribution in [0.2, 0.25) is 0 Å². The molecule has 0 radical (unpaired) electrons. The van der Waals surface area contributed by atoms with Crippen molar-refractivity contribution >= 4 is 23.1 Å². The number of ether oxygens (including phenoxy) is 2. The molecule has 1 aliphatic rings. The molecule has 1 aliphatic heterocycles. The molecule has 0 saturated carbocycles. The van der Waals surface area contributed by atoms with Gasteiger partial charge in [0.15, 0.2) is 0 Å². The molecule has 6 nitrogen and oxygen atoms in total. The summed E-state index contributed by atoms with van der Waals surface area (Å²) >= 11 is 0. The van der Waals surface area contributed by atoms with Gasteiger partial charge in [-0.3, -0.25) is 9.67 Å². The van der Waals surface area contributed by atoms with Gasteiger partial charge in [-0.25, -0.2) is 4.98 Å². The zero-order valence-corrected chi connectivity index (χ0v) is 20.4. The molecule has 3 aromatic carbocycles. The molecule has 0 bridgehead atoms. The Bertz CT molecular complexity index is 1460. The zero-order valence-electron chi connectivity index (χ0n) is 18.1. The SMILES string of the molecule is Cn1ncnc1-c1[c-]c(B2c3[c-]c(Oc4ccccn4)ccc3Oc3ccccc32)ccc1.[Pt+2]. The van der Waals surface area contributed by atoms with Crippen LogP contribution in [-0.4, -0.2) is 26.5 Å². The molecule has 0 aliphatic carbocycles. The Labute approximate surface area is 212 Å². The summed E-state index contributed by atoms with van der Waals surface area (Å²) < 4.78 is 13.9. The molecule has 8 heteroatoms. The number of hydrogen-bond acceptors (Lipinski definition) is 5. The Hall–Kier alpha value is -3.70. The quantitative estimate of drug-likeness (QED) is 0.224. The Morgan fingerprint density at radius 2 is 1.76 bits per heavy atom. The summed E-state index contributed by atoms with van der Waals surface area (Å²) in [6.45, 7) is -0.134. The molecule has 6 rings (SSSR count). The average Bonchev–Trinajstić information content (AvgIpc) is 3.29. The Morgan fingerprint density at radius 1 is 0.882 bits per heavy atom. The second-order valence-corrected chi connectivity index (χ2v) is 7.67. The summed E-state index contributed by atoms with van der Waals surface area (Å²) in [4.78, 5) is 8.64. The Morgan fingerprint density at radius 3 is 2.59 bits per heavy atom. The van der Waals surface area contributed by atoms with E-state index in [2.05, 4.69) is 39.3 Å². The summed E-state index contributed by atoms with van der Waals surface area (Å²) in [5, 5.41) is 4.20. The van der Waals surface area contributed by atoms with Crippen LogP contribution < -0.4 is 25.9 Å². The van der Waals surface area contributed by atoms with Crippen LogP contribution in [0.15, 0.2) is 85.3 Å². The average molecular weight is 623 g/mol. The maximum atomic E-state index is 6.21. The van der Waals surface area contributed by atoms with E-state index in [1.54, 1.807) is 17.2 Å². The van der Waals surface area contributed by atoms with Crippen LogP contribution >= 0.6 is 0 Å². The monoisotopic (exact) mass is 623 g/mol. The standard InChI is InChI=1S/C26H17BN4O2.Pt/c1-31-26(29-17-30-31)18-7-6-8-19(15-18)27-21-9-2-3-10-23(21)33-24-13-12-20(16-22(24)27)32-25-11-4-5-14-28-25;/h2-14,17H,1H3;/q-2;+2. The third kappa shape index (κ3) is 4.04. The fourth-order valence-corrected chi connectivity index (χ4v) is 4.09. The van der Waals surface area contributed by atoms with Crippen molar-refractivity contribution < 1.29 is 30.5 Å². The number of rotatable bonds is 4. The molecular weight excluding hydrogens is 606 g/mol. The fraction of sp³-hybridized carbons (Fsp3) is 0.0385. The van der Waals surface area contributed by atoms with Crippen molar-refractivity contribution in [2.45, 2.75) is 0 Å². The van der Waals surface area contributed by atoms with Gasteiger partial charge in [0.25, 0.3) is 0 Å². The molecule has 0 spiro atoms. The number of fused-ring (bicyclic) bond motifs is 2. The first kappa shape index (κ1) is 22.1. The minimum Gasteiger partial charge on any atom is -0.518 e. The first-order valence-electron chi connectivity index (χ1n) is 10.5. The van der Waals surface area contributed by atoms with Crippen LogP contribution in [0.1, 0.15) is 0 Å². The van der Waals surface area contributed by atoms with Crippen LogP contribution in [0, 0.1) is 12.1 Å². The Kier molecular flexibility index (Phi) is 6.03. The van der Waals surface area contributed by atoms with Gasteiger partial charge in [-0.1, -0.05) is 24.3 Å². The van der Waals surface area contributed by atoms with Gasteiger partial charge >= 0.3 is 21.1 Å². The molecule has 0 N–H and O–H groups in total. The van der Waals surface area contributed by atoms with Gasteiger partial charge in [0.1, 0.15) is 12.1 Å². The van der Waals surface area contributed by atoms with Gasteiger partial charge < -0.3 is 9.47 Å². The molecule has 0 saturated heterocycles. The topological polar surface area (TPSA) is 62.1 Å². The predicted octanol–water partition coefficient (Wildman–Crippen LogP) is 2.89. The number of nitrogens with zero attached hydrogens (tertiary/aromatic N) is 4. The normalized spacial score (nSPS) is 11.6. The molecule has 34 heavy (non-hydrogen) atoms. The van der Waals surface area contributed by atoms with Gasteiger partial charge in [-0.05, 0) is 17.6 Å². The third-order valence-electron chi connectivity index (χ3n) is 5.58. The van der Waals surface area contributed by atoms with Crippen molar-refractivity contribution in [3.05, 3.63) is 97.5 Å². The van der Waals surface area contributed by atoms with Gasteiger partial charge in [-0.15, -0.1) is 53.5 Å². The first-order valence-corrected chi connectivity index (χ1v) is 10.5. The van der Waals surface area contributed by atoms with Crippen molar-refractivity contribution in [2.75, 3.05) is 0 Å². The summed E-state index contributed by atoms with van der Waals surface area (Å²) in [6, 6.07) is 30.4. The molecule has 0 unspecified atom stereocenters. The predicted molar refractivity (Wildman–Crippen MR) is 126 cm³/mol. The van der Waals surface area contributed by atoms with E-state index in [4.69, 9.17) is 9.47 Å². The van der Waals surface area contributed by atoms with Gasteiger partial charge in [-0.2, -0.15) is 10.6 Å². The van der Waals surface area contributed by atoms with E-state index in [0.29, 0.717) is 11.6 Å². The van der Waals surface area contributed by atoms with Crippen molar-refractivity contribution in [1.29, 1.82) is 0 Å². The van der Waals surface area contributed by atoms with Crippen LogP contribution in [-0.2, 0) is 28.1 Å². The largest absolute Gasteiger partial charge is 2.00 e. The molecular formula is C26H17BN4O2Pt. The third-order valence-corrected chi connectivity index (χ3v) is 5.58. The van der Waals surface area contributed by atoms with E-state index in [1.807, 2.05) is 67.7 Å². The van der Waals surface area contributed by atoms with Crippen molar-refractivity contribution in [3.8, 4) is 34.5 Å². The minimum atomic E-state index is -0.134. The summed E-state index contributed by atoms with van der Waals surface area (Å²) in [5.41, 5.74) is 3.79. The van der Waals surface area contributed by atoms with Crippen LogP contribution in [0.25, 0.3) is 11.4 Å². The molecule has 166 valence electrons. The zero-order chi connectivity index (χ0) is 22.2. The maximum absolute atomic E-state index is 6.21. The second-order valence-electron chi connectivity index (χ2n) is 7.67. The summed E-state index contributed by atoms with van der Waals surface area (Å²) in [6.07, 6.45) is 3.24. The van der Waals surface area contributed by atoms with Gasteiger partial charge in [0, 0.05) is 30.8 Å². The minimum absolute atomic E-state index is 0. The van der Waals surface area contributed by atoms with Crippen molar-refractivity contribution in [2.24, 2.45) is 7.05 Å². The maximum Gasteiger partial charge on any atom is 2.00 e. The molecule has 0 atom stereocenters. The van der Waals surface area contributed by atoms with E-state index >= 15 is 0 Å². The summed E-state index contributed by atoms with van der Waals surface area (Å²) in [5.74, 6) is 3.40. The first-order chi connectivity index (χ1) is 16.3. The van der Waals surface area contributed by atoms with E-state index in [1.165, 1.54) is 0 Å². The van der Waals surface area contributed by atoms with Crippen molar-refractivity contribution in [1.82, 2.24) is 19.7 Å². The van der Waals surface area contributed by atoms with Crippen LogP contribution in [0.5, 0.6) is 23.1 Å². The number of aryl methyl sites for hydroxylation is 1. The number of hydrogen-bond donors (Lipinski definition) is 0. The van der Waals surface area contributed by atoms with Crippen LogP contribution in [0.4, 0.5) is 0 Å². The van der Waals surface area contributed by atoms with E-state index in [-0.39, 0.29) is 27.8 Å². The molecule has 0 amide bonds. The number of benzene rings is 3. The van der Waals surface area contributed by atoms with Gasteiger partial charge in [0.2, 0.25) is 12.6 Å². The smallest absolute Gasteiger partial charge is 0.518 e. The number of para-hydroxylation sites is 1. The van der Waals surface area contributed by atoms with Gasteiger partial charge in [0.05, 0.1) is 5.82 Å². The molecule has 0 fully saturated rings. The summed E-state index contributed by atoms with van der Waals surface area (Å²) in [7, 11) is 1.87. The van der Waals surface area contributed by atoms with Crippen LogP contribution in [0.3, 0.4) is 0 Å². The van der Waals surface area contributed by atoms with Crippen molar-refractivity contribution in [3.63, 3.8) is 0 Å². The number of aromatic nitrogens is 4. The second kappa shape index (κ2) is 9.28. The van der Waals surface area contributed by atoms with E-state index < -0.39 is 0 Å². The van der Waals surface area contributed by atoms with E-state index in [0.717, 1.165) is 39.3 Å². The molecule has 3 heterocycles. The fourth-order valence-electron chi connectivity index (χ4n) is 4.09.